The zero-order valence-corrected chi connectivity index (χ0v) is 19.8. The number of imide groups is 1. The molecule has 2 saturated heterocycles. The molecule has 2 fully saturated rings. The number of carbonyl (C=O) groups is 3. The fraction of sp³-hybridized carbons (Fsp3) is 0.346. The fourth-order valence-electron chi connectivity index (χ4n) is 4.98. The molecule has 0 saturated carbocycles. The summed E-state index contributed by atoms with van der Waals surface area (Å²) in [5.74, 6) is 1.12. The third-order valence-corrected chi connectivity index (χ3v) is 7.13. The number of furan rings is 1. The molecule has 4 heterocycles. The lowest BCUT2D eigenvalue weighted by Gasteiger charge is -2.33. The molecule has 0 aliphatic carbocycles. The average Bonchev–Trinajstić information content (AvgIpc) is 3.58. The number of rotatable bonds is 5. The van der Waals surface area contributed by atoms with Gasteiger partial charge in [-0.05, 0) is 44.0 Å². The standard InChI is InChI=1S/C26H26N4O6/c1-26(22-12-17-4-2-3-5-19(17)36-22)24(32)30(25(33)28-26)14-29-10-8-16(9-11-29)23(31)27-18-6-7-20-21(13-18)35-15-34-20/h2-7,12-13,16H,8-11,14-15H2,1H3,(H,27,31)(H,28,33)/t26-/m1/s1. The number of carbonyl (C=O) groups excluding carboxylic acids is 3. The van der Waals surface area contributed by atoms with Gasteiger partial charge in [0.05, 0.1) is 6.67 Å². The molecule has 186 valence electrons. The van der Waals surface area contributed by atoms with E-state index in [0.29, 0.717) is 54.5 Å². The molecule has 10 heteroatoms. The number of hydrogen-bond donors (Lipinski definition) is 2. The van der Waals surface area contributed by atoms with E-state index in [1.54, 1.807) is 31.2 Å². The summed E-state index contributed by atoms with van der Waals surface area (Å²) >= 11 is 0. The predicted molar refractivity (Wildman–Crippen MR) is 129 cm³/mol. The van der Waals surface area contributed by atoms with Crippen molar-refractivity contribution in [2.24, 2.45) is 5.92 Å². The molecule has 10 nitrogen and oxygen atoms in total. The van der Waals surface area contributed by atoms with Gasteiger partial charge in [-0.25, -0.2) is 9.69 Å². The maximum absolute atomic E-state index is 13.3. The van der Waals surface area contributed by atoms with Crippen LogP contribution in [0, 0.1) is 5.92 Å². The Labute approximate surface area is 207 Å². The monoisotopic (exact) mass is 490 g/mol. The molecular formula is C26H26N4O6. The number of nitrogens with one attached hydrogen (secondary N) is 2. The van der Waals surface area contributed by atoms with Crippen LogP contribution in [0.15, 0.2) is 52.9 Å². The normalized spacial score (nSPS) is 22.3. The van der Waals surface area contributed by atoms with Gasteiger partial charge in [-0.3, -0.25) is 14.5 Å². The molecule has 3 aliphatic rings. The third kappa shape index (κ3) is 3.83. The zero-order valence-electron chi connectivity index (χ0n) is 19.8. The van der Waals surface area contributed by atoms with Crippen molar-refractivity contribution in [2.75, 3.05) is 31.9 Å². The average molecular weight is 491 g/mol. The van der Waals surface area contributed by atoms with Gasteiger partial charge in [0.15, 0.2) is 17.0 Å². The van der Waals surface area contributed by atoms with Crippen molar-refractivity contribution in [3.63, 3.8) is 0 Å². The molecule has 4 amide bonds. The van der Waals surface area contributed by atoms with Crippen molar-refractivity contribution in [3.05, 3.63) is 54.3 Å². The second kappa shape index (κ2) is 8.56. The Bertz CT molecular complexity index is 1330. The van der Waals surface area contributed by atoms with Gasteiger partial charge in [-0.15, -0.1) is 0 Å². The molecular weight excluding hydrogens is 464 g/mol. The first-order valence-corrected chi connectivity index (χ1v) is 12.0. The minimum Gasteiger partial charge on any atom is -0.458 e. The minimum absolute atomic E-state index is 0.0547. The lowest BCUT2D eigenvalue weighted by Crippen LogP contribution is -2.47. The van der Waals surface area contributed by atoms with Crippen LogP contribution in [0.4, 0.5) is 10.5 Å². The summed E-state index contributed by atoms with van der Waals surface area (Å²) in [4.78, 5) is 42.1. The fourth-order valence-corrected chi connectivity index (χ4v) is 4.98. The van der Waals surface area contributed by atoms with Gasteiger partial charge >= 0.3 is 6.03 Å². The van der Waals surface area contributed by atoms with Crippen LogP contribution < -0.4 is 20.1 Å². The van der Waals surface area contributed by atoms with Crippen LogP contribution in [0.1, 0.15) is 25.5 Å². The Morgan fingerprint density at radius 3 is 2.67 bits per heavy atom. The Hall–Kier alpha value is -4.05. The lowest BCUT2D eigenvalue weighted by molar-refractivity contribution is -0.133. The van der Waals surface area contributed by atoms with Crippen LogP contribution in [0.3, 0.4) is 0 Å². The Kier molecular flexibility index (Phi) is 5.33. The molecule has 0 bridgehead atoms. The van der Waals surface area contributed by atoms with Gasteiger partial charge in [0.25, 0.3) is 5.91 Å². The van der Waals surface area contributed by atoms with E-state index in [4.69, 9.17) is 13.9 Å². The van der Waals surface area contributed by atoms with E-state index in [0.717, 1.165) is 5.39 Å². The van der Waals surface area contributed by atoms with Crippen LogP contribution in [-0.2, 0) is 15.1 Å². The highest BCUT2D eigenvalue weighted by Crippen LogP contribution is 2.35. The van der Waals surface area contributed by atoms with Gasteiger partial charge in [-0.2, -0.15) is 0 Å². The Morgan fingerprint density at radius 2 is 1.86 bits per heavy atom. The molecule has 2 N–H and O–H groups in total. The molecule has 6 rings (SSSR count). The summed E-state index contributed by atoms with van der Waals surface area (Å²) < 4.78 is 16.6. The molecule has 1 atom stereocenters. The smallest absolute Gasteiger partial charge is 0.326 e. The van der Waals surface area contributed by atoms with E-state index >= 15 is 0 Å². The number of likely N-dealkylation sites (tertiary alicyclic amines) is 1. The first-order chi connectivity index (χ1) is 17.4. The highest BCUT2D eigenvalue weighted by molar-refractivity contribution is 6.07. The second-order valence-corrected chi connectivity index (χ2v) is 9.53. The van der Waals surface area contributed by atoms with E-state index in [1.807, 2.05) is 29.2 Å². The lowest BCUT2D eigenvalue weighted by atomic mass is 9.96. The van der Waals surface area contributed by atoms with Crippen LogP contribution in [0.2, 0.25) is 0 Å². The maximum atomic E-state index is 13.3. The highest BCUT2D eigenvalue weighted by atomic mass is 16.7. The molecule has 0 unspecified atom stereocenters. The van der Waals surface area contributed by atoms with Crippen molar-refractivity contribution >= 4 is 34.5 Å². The van der Waals surface area contributed by atoms with Crippen LogP contribution in [0.25, 0.3) is 11.0 Å². The van der Waals surface area contributed by atoms with Gasteiger partial charge < -0.3 is 24.5 Å². The number of anilines is 1. The summed E-state index contributed by atoms with van der Waals surface area (Å²) in [6.45, 7) is 3.20. The molecule has 3 aliphatic heterocycles. The quantitative estimate of drug-likeness (QED) is 0.528. The van der Waals surface area contributed by atoms with Crippen molar-refractivity contribution in [1.29, 1.82) is 0 Å². The number of nitrogens with zero attached hydrogens (tertiary/aromatic N) is 2. The predicted octanol–water partition coefficient (Wildman–Crippen LogP) is 3.24. The molecule has 0 spiro atoms. The maximum Gasteiger partial charge on any atom is 0.326 e. The van der Waals surface area contributed by atoms with Gasteiger partial charge in [0.2, 0.25) is 12.7 Å². The molecule has 36 heavy (non-hydrogen) atoms. The van der Waals surface area contributed by atoms with Crippen LogP contribution in [-0.4, -0.2) is 54.2 Å². The summed E-state index contributed by atoms with van der Waals surface area (Å²) in [5.41, 5.74) is 0.0602. The number of ether oxygens (including phenoxy) is 2. The third-order valence-electron chi connectivity index (χ3n) is 7.13. The van der Waals surface area contributed by atoms with Gasteiger partial charge in [0, 0.05) is 36.1 Å². The van der Waals surface area contributed by atoms with Crippen LogP contribution >= 0.6 is 0 Å². The van der Waals surface area contributed by atoms with E-state index in [-0.39, 0.29) is 31.2 Å². The van der Waals surface area contributed by atoms with Crippen molar-refractivity contribution in [1.82, 2.24) is 15.1 Å². The van der Waals surface area contributed by atoms with Crippen molar-refractivity contribution < 1.29 is 28.3 Å². The number of benzene rings is 2. The van der Waals surface area contributed by atoms with E-state index < -0.39 is 11.6 Å². The molecule has 0 radical (unpaired) electrons. The number of piperidine rings is 1. The second-order valence-electron chi connectivity index (χ2n) is 9.53. The summed E-state index contributed by atoms with van der Waals surface area (Å²) in [5, 5.41) is 6.62. The van der Waals surface area contributed by atoms with Crippen LogP contribution in [0.5, 0.6) is 11.5 Å². The first-order valence-electron chi connectivity index (χ1n) is 12.0. The Morgan fingerprint density at radius 1 is 1.08 bits per heavy atom. The van der Waals surface area contributed by atoms with Crippen molar-refractivity contribution in [2.45, 2.75) is 25.3 Å². The number of amides is 4. The van der Waals surface area contributed by atoms with Crippen molar-refractivity contribution in [3.8, 4) is 11.5 Å². The molecule has 1 aromatic heterocycles. The molecule has 3 aromatic rings. The summed E-state index contributed by atoms with van der Waals surface area (Å²) in [6, 6.07) is 14.1. The topological polar surface area (TPSA) is 113 Å². The highest BCUT2D eigenvalue weighted by Gasteiger charge is 2.51. The minimum atomic E-state index is -1.26. The van der Waals surface area contributed by atoms with Gasteiger partial charge in [0.1, 0.15) is 11.3 Å². The number of hydrogen-bond acceptors (Lipinski definition) is 7. The van der Waals surface area contributed by atoms with Gasteiger partial charge in [-0.1, -0.05) is 18.2 Å². The summed E-state index contributed by atoms with van der Waals surface area (Å²) in [6.07, 6.45) is 1.25. The van der Waals surface area contributed by atoms with E-state index in [2.05, 4.69) is 10.6 Å². The number of fused-ring (bicyclic) bond motifs is 2. The summed E-state index contributed by atoms with van der Waals surface area (Å²) in [7, 11) is 0. The van der Waals surface area contributed by atoms with E-state index in [1.165, 1.54) is 4.90 Å². The zero-order chi connectivity index (χ0) is 24.9. The first kappa shape index (κ1) is 22.4. The SMILES string of the molecule is C[C@]1(c2cc3ccccc3o2)NC(=O)N(CN2CCC(C(=O)Nc3ccc4c(c3)OCO4)CC2)C1=O. The largest absolute Gasteiger partial charge is 0.458 e. The molecule has 2 aromatic carbocycles. The number of urea groups is 1. The Balaban J connectivity index is 1.06. The number of para-hydroxylation sites is 1. The van der Waals surface area contributed by atoms with E-state index in [9.17, 15) is 14.4 Å².